The zero-order valence-electron chi connectivity index (χ0n) is 11.9. The Morgan fingerprint density at radius 3 is 2.61 bits per heavy atom. The number of furan rings is 1. The van der Waals surface area contributed by atoms with Crippen LogP contribution in [0.4, 0.5) is 0 Å². The highest BCUT2D eigenvalue weighted by Crippen LogP contribution is 2.29. The van der Waals surface area contributed by atoms with Crippen LogP contribution in [0.25, 0.3) is 11.1 Å². The summed E-state index contributed by atoms with van der Waals surface area (Å²) in [6.45, 7) is 10.8. The van der Waals surface area contributed by atoms with Crippen molar-refractivity contribution in [3.8, 4) is 0 Å². The van der Waals surface area contributed by atoms with E-state index in [1.54, 1.807) is 6.26 Å². The molecule has 0 saturated carbocycles. The molecular weight excluding hydrogens is 224 g/mol. The number of fused-ring (bicyclic) bond motifs is 1. The predicted octanol–water partition coefficient (Wildman–Crippen LogP) is 4.42. The first-order chi connectivity index (χ1) is 8.43. The van der Waals surface area contributed by atoms with Gasteiger partial charge in [-0.3, -0.25) is 0 Å². The maximum Gasteiger partial charge on any atom is 0.174 e. The van der Waals surface area contributed by atoms with Gasteiger partial charge in [-0.1, -0.05) is 41.0 Å². The summed E-state index contributed by atoms with van der Waals surface area (Å²) in [5, 5.41) is 0. The molecular formula is C15H22N2O. The molecule has 0 radical (unpaired) electrons. The van der Waals surface area contributed by atoms with Crippen molar-refractivity contribution < 1.29 is 4.42 Å². The second-order valence-corrected chi connectivity index (χ2v) is 6.01. The summed E-state index contributed by atoms with van der Waals surface area (Å²) in [5.41, 5.74) is 2.79. The lowest BCUT2D eigenvalue weighted by atomic mass is 9.94. The van der Waals surface area contributed by atoms with Crippen LogP contribution in [0.2, 0.25) is 0 Å². The van der Waals surface area contributed by atoms with Crippen LogP contribution in [0.1, 0.15) is 64.9 Å². The van der Waals surface area contributed by atoms with Gasteiger partial charge >= 0.3 is 0 Å². The van der Waals surface area contributed by atoms with Crippen molar-refractivity contribution in [2.75, 3.05) is 0 Å². The molecule has 0 amide bonds. The maximum absolute atomic E-state index is 5.56. The van der Waals surface area contributed by atoms with E-state index in [1.807, 2.05) is 6.07 Å². The highest BCUT2D eigenvalue weighted by Gasteiger charge is 2.22. The lowest BCUT2D eigenvalue weighted by Gasteiger charge is -2.19. The summed E-state index contributed by atoms with van der Waals surface area (Å²) in [4.78, 5) is 9.36. The standard InChI is InChI=1S/C15H22N2O/c1-6-7-10(2)12-13-11(8-9-18-13)16-14(17-12)15(3,4)5/h8-10H,6-7H2,1-5H3. The van der Waals surface area contributed by atoms with E-state index in [9.17, 15) is 0 Å². The van der Waals surface area contributed by atoms with Gasteiger partial charge in [-0.05, 0) is 6.42 Å². The lowest BCUT2D eigenvalue weighted by molar-refractivity contribution is 0.530. The molecule has 1 unspecified atom stereocenters. The number of rotatable bonds is 3. The second-order valence-electron chi connectivity index (χ2n) is 6.01. The van der Waals surface area contributed by atoms with E-state index >= 15 is 0 Å². The van der Waals surface area contributed by atoms with E-state index in [1.165, 1.54) is 0 Å². The Labute approximate surface area is 109 Å². The maximum atomic E-state index is 5.56. The van der Waals surface area contributed by atoms with Crippen molar-refractivity contribution in [3.05, 3.63) is 23.8 Å². The van der Waals surface area contributed by atoms with Gasteiger partial charge in [-0.2, -0.15) is 0 Å². The summed E-state index contributed by atoms with van der Waals surface area (Å²) < 4.78 is 5.56. The molecule has 0 bridgehead atoms. The molecule has 3 nitrogen and oxygen atoms in total. The predicted molar refractivity (Wildman–Crippen MR) is 73.8 cm³/mol. The van der Waals surface area contributed by atoms with Crippen molar-refractivity contribution in [3.63, 3.8) is 0 Å². The van der Waals surface area contributed by atoms with Gasteiger partial charge in [-0.15, -0.1) is 0 Å². The largest absolute Gasteiger partial charge is 0.461 e. The van der Waals surface area contributed by atoms with Crippen molar-refractivity contribution in [2.45, 2.75) is 58.8 Å². The summed E-state index contributed by atoms with van der Waals surface area (Å²) in [5.74, 6) is 1.31. The molecule has 98 valence electrons. The van der Waals surface area contributed by atoms with Crippen LogP contribution >= 0.6 is 0 Å². The molecule has 0 fully saturated rings. The fourth-order valence-electron chi connectivity index (χ4n) is 2.13. The van der Waals surface area contributed by atoms with Gasteiger partial charge < -0.3 is 4.42 Å². The van der Waals surface area contributed by atoms with E-state index in [-0.39, 0.29) is 5.41 Å². The molecule has 0 saturated heterocycles. The van der Waals surface area contributed by atoms with E-state index in [0.29, 0.717) is 5.92 Å². The Morgan fingerprint density at radius 2 is 2.00 bits per heavy atom. The number of hydrogen-bond donors (Lipinski definition) is 0. The van der Waals surface area contributed by atoms with E-state index < -0.39 is 0 Å². The molecule has 2 heterocycles. The molecule has 1 atom stereocenters. The first kappa shape index (κ1) is 13.1. The van der Waals surface area contributed by atoms with Crippen LogP contribution < -0.4 is 0 Å². The Morgan fingerprint density at radius 1 is 1.28 bits per heavy atom. The fourth-order valence-corrected chi connectivity index (χ4v) is 2.13. The molecule has 2 rings (SSSR count). The van der Waals surface area contributed by atoms with Crippen LogP contribution in [-0.4, -0.2) is 9.97 Å². The average Bonchev–Trinajstić information content (AvgIpc) is 2.74. The topological polar surface area (TPSA) is 38.9 Å². The highest BCUT2D eigenvalue weighted by atomic mass is 16.3. The van der Waals surface area contributed by atoms with Crippen molar-refractivity contribution in [1.82, 2.24) is 9.97 Å². The Hall–Kier alpha value is -1.38. The number of aromatic nitrogens is 2. The molecule has 0 aliphatic rings. The number of nitrogens with zero attached hydrogens (tertiary/aromatic N) is 2. The van der Waals surface area contributed by atoms with Gasteiger partial charge in [0.2, 0.25) is 0 Å². The third-order valence-corrected chi connectivity index (χ3v) is 3.19. The van der Waals surface area contributed by atoms with E-state index in [2.05, 4.69) is 39.6 Å². The minimum Gasteiger partial charge on any atom is -0.461 e. The molecule has 0 aliphatic heterocycles. The minimum atomic E-state index is -0.0356. The normalized spacial score (nSPS) is 14.1. The van der Waals surface area contributed by atoms with Gasteiger partial charge in [0.1, 0.15) is 11.3 Å². The van der Waals surface area contributed by atoms with Crippen LogP contribution in [0, 0.1) is 0 Å². The first-order valence-electron chi connectivity index (χ1n) is 6.69. The second kappa shape index (κ2) is 4.71. The van der Waals surface area contributed by atoms with Gasteiger partial charge in [0.15, 0.2) is 5.58 Å². The zero-order valence-corrected chi connectivity index (χ0v) is 11.9. The molecule has 2 aromatic rings. The fraction of sp³-hybridized carbons (Fsp3) is 0.600. The average molecular weight is 246 g/mol. The molecule has 3 heteroatoms. The lowest BCUT2D eigenvalue weighted by Crippen LogP contribution is -2.17. The van der Waals surface area contributed by atoms with Crippen molar-refractivity contribution >= 4 is 11.1 Å². The van der Waals surface area contributed by atoms with Gasteiger partial charge in [0.25, 0.3) is 0 Å². The molecule has 0 aromatic carbocycles. The highest BCUT2D eigenvalue weighted by molar-refractivity contribution is 5.75. The summed E-state index contributed by atoms with van der Waals surface area (Å²) in [7, 11) is 0. The molecule has 0 N–H and O–H groups in total. The monoisotopic (exact) mass is 246 g/mol. The van der Waals surface area contributed by atoms with Gasteiger partial charge in [-0.25, -0.2) is 9.97 Å². The van der Waals surface area contributed by atoms with Crippen LogP contribution in [0.5, 0.6) is 0 Å². The third kappa shape index (κ3) is 2.40. The molecule has 2 aromatic heterocycles. The smallest absolute Gasteiger partial charge is 0.174 e. The Bertz CT molecular complexity index is 537. The van der Waals surface area contributed by atoms with Crippen LogP contribution in [0.15, 0.2) is 16.7 Å². The quantitative estimate of drug-likeness (QED) is 0.804. The zero-order chi connectivity index (χ0) is 13.3. The summed E-state index contributed by atoms with van der Waals surface area (Å²) in [6, 6.07) is 1.93. The van der Waals surface area contributed by atoms with Crippen LogP contribution in [0.3, 0.4) is 0 Å². The van der Waals surface area contributed by atoms with Crippen LogP contribution in [-0.2, 0) is 5.41 Å². The van der Waals surface area contributed by atoms with Crippen molar-refractivity contribution in [1.29, 1.82) is 0 Å². The minimum absolute atomic E-state index is 0.0356. The molecule has 0 aliphatic carbocycles. The number of hydrogen-bond acceptors (Lipinski definition) is 3. The van der Waals surface area contributed by atoms with E-state index in [4.69, 9.17) is 9.40 Å². The van der Waals surface area contributed by atoms with Gasteiger partial charge in [0, 0.05) is 17.4 Å². The van der Waals surface area contributed by atoms with Gasteiger partial charge in [0.05, 0.1) is 12.0 Å². The molecule has 18 heavy (non-hydrogen) atoms. The van der Waals surface area contributed by atoms with E-state index in [0.717, 1.165) is 35.5 Å². The molecule has 0 spiro atoms. The SMILES string of the molecule is CCCC(C)c1nc(C(C)(C)C)nc2ccoc12. The van der Waals surface area contributed by atoms with Crippen molar-refractivity contribution in [2.24, 2.45) is 0 Å². The Balaban J connectivity index is 2.58. The Kier molecular flexibility index (Phi) is 3.42. The summed E-state index contributed by atoms with van der Waals surface area (Å²) in [6.07, 6.45) is 3.97. The first-order valence-corrected chi connectivity index (χ1v) is 6.69. The third-order valence-electron chi connectivity index (χ3n) is 3.19. The summed E-state index contributed by atoms with van der Waals surface area (Å²) >= 11 is 0.